The van der Waals surface area contributed by atoms with Gasteiger partial charge >= 0.3 is 0 Å². The Morgan fingerprint density at radius 1 is 1.10 bits per heavy atom. The number of piperidine rings is 1. The van der Waals surface area contributed by atoms with Gasteiger partial charge in [-0.05, 0) is 38.3 Å². The number of likely N-dealkylation sites (tertiary alicyclic amines) is 1. The van der Waals surface area contributed by atoms with Gasteiger partial charge in [0.2, 0.25) is 5.91 Å². The molecule has 2 amide bonds. The predicted octanol–water partition coefficient (Wildman–Crippen LogP) is 5.14. The van der Waals surface area contributed by atoms with E-state index >= 15 is 0 Å². The van der Waals surface area contributed by atoms with Crippen LogP contribution < -0.4 is 5.32 Å². The van der Waals surface area contributed by atoms with Crippen molar-refractivity contribution in [1.29, 1.82) is 0 Å². The molecular weight excluding hydrogens is 394 g/mol. The average molecular weight is 420 g/mol. The molecule has 1 atom stereocenters. The van der Waals surface area contributed by atoms with E-state index in [-0.39, 0.29) is 17.9 Å². The second kappa shape index (κ2) is 9.22. The van der Waals surface area contributed by atoms with Crippen LogP contribution in [0.1, 0.15) is 41.0 Å². The number of carbonyl (C=O) groups is 2. The van der Waals surface area contributed by atoms with E-state index < -0.39 is 0 Å². The molecular formula is C24H25N3O2S. The first-order chi connectivity index (χ1) is 14.6. The van der Waals surface area contributed by atoms with Gasteiger partial charge in [-0.25, -0.2) is 4.98 Å². The van der Waals surface area contributed by atoms with Crippen LogP contribution in [0.3, 0.4) is 0 Å². The molecule has 1 aromatic heterocycles. The molecule has 1 aliphatic rings. The zero-order chi connectivity index (χ0) is 20.9. The largest absolute Gasteiger partial charge is 0.333 e. The van der Waals surface area contributed by atoms with Crippen LogP contribution in [0, 0.1) is 6.92 Å². The maximum atomic E-state index is 13.2. The predicted molar refractivity (Wildman–Crippen MR) is 121 cm³/mol. The van der Waals surface area contributed by atoms with Crippen molar-refractivity contribution in [2.45, 2.75) is 38.6 Å². The molecule has 0 bridgehead atoms. The molecule has 0 radical (unpaired) electrons. The first-order valence-corrected chi connectivity index (χ1v) is 11.2. The van der Waals surface area contributed by atoms with Gasteiger partial charge in [0.05, 0.1) is 5.69 Å². The fraction of sp³-hybridized carbons (Fsp3) is 0.292. The second-order valence-corrected chi connectivity index (χ2v) is 8.53. The summed E-state index contributed by atoms with van der Waals surface area (Å²) in [5.41, 5.74) is 3.79. The maximum Gasteiger partial charge on any atom is 0.283 e. The summed E-state index contributed by atoms with van der Waals surface area (Å²) in [6.45, 7) is 2.71. The topological polar surface area (TPSA) is 62.3 Å². The lowest BCUT2D eigenvalue weighted by atomic mass is 9.99. The number of nitrogens with zero attached hydrogens (tertiary/aromatic N) is 2. The van der Waals surface area contributed by atoms with Gasteiger partial charge in [0, 0.05) is 35.6 Å². The molecule has 154 valence electrons. The summed E-state index contributed by atoms with van der Waals surface area (Å²) >= 11 is 1.37. The summed E-state index contributed by atoms with van der Waals surface area (Å²) in [5, 5.41) is 5.35. The molecule has 30 heavy (non-hydrogen) atoms. The summed E-state index contributed by atoms with van der Waals surface area (Å²) in [7, 11) is 0. The Morgan fingerprint density at radius 3 is 2.63 bits per heavy atom. The number of aryl methyl sites for hydroxylation is 1. The molecule has 3 aromatic rings. The minimum atomic E-state index is -0.0957. The number of rotatable bonds is 5. The zero-order valence-corrected chi connectivity index (χ0v) is 17.8. The number of aromatic nitrogens is 1. The van der Waals surface area contributed by atoms with Crippen molar-refractivity contribution in [3.63, 3.8) is 0 Å². The highest BCUT2D eigenvalue weighted by atomic mass is 32.1. The Balaban J connectivity index is 1.45. The number of anilines is 1. The molecule has 1 fully saturated rings. The van der Waals surface area contributed by atoms with Gasteiger partial charge < -0.3 is 10.2 Å². The monoisotopic (exact) mass is 419 g/mol. The Kier molecular flexibility index (Phi) is 6.23. The molecule has 0 saturated carbocycles. The van der Waals surface area contributed by atoms with E-state index in [2.05, 4.69) is 10.3 Å². The standard InChI is InChI=1S/C24H25N3O2S/c1-17-10-12-18(13-11-17)21-16-30-23(26-21)24(29)27-14-6-5-9-20(27)15-22(28)25-19-7-3-2-4-8-19/h2-4,7-8,10-13,16,20H,5-6,9,14-15H2,1H3,(H,25,28). The Labute approximate surface area is 180 Å². The quantitative estimate of drug-likeness (QED) is 0.623. The van der Waals surface area contributed by atoms with E-state index in [9.17, 15) is 9.59 Å². The van der Waals surface area contributed by atoms with E-state index in [0.717, 1.165) is 36.2 Å². The highest BCUT2D eigenvalue weighted by molar-refractivity contribution is 7.12. The van der Waals surface area contributed by atoms with Gasteiger partial charge in [0.1, 0.15) is 0 Å². The smallest absolute Gasteiger partial charge is 0.283 e. The average Bonchev–Trinajstić information content (AvgIpc) is 3.25. The molecule has 2 aromatic carbocycles. The molecule has 5 nitrogen and oxygen atoms in total. The SMILES string of the molecule is Cc1ccc(-c2csc(C(=O)N3CCCCC3CC(=O)Nc3ccccc3)n2)cc1. The molecule has 4 rings (SSSR count). The van der Waals surface area contributed by atoms with Gasteiger partial charge in [-0.15, -0.1) is 11.3 Å². The van der Waals surface area contributed by atoms with E-state index in [4.69, 9.17) is 0 Å². The number of para-hydroxylation sites is 1. The number of nitrogens with one attached hydrogen (secondary N) is 1. The summed E-state index contributed by atoms with van der Waals surface area (Å²) in [6.07, 6.45) is 3.12. The number of hydrogen-bond acceptors (Lipinski definition) is 4. The van der Waals surface area contributed by atoms with Crippen LogP contribution in [0.5, 0.6) is 0 Å². The molecule has 2 heterocycles. The third kappa shape index (κ3) is 4.76. The summed E-state index contributed by atoms with van der Waals surface area (Å²) in [6, 6.07) is 17.5. The highest BCUT2D eigenvalue weighted by Crippen LogP contribution is 2.27. The summed E-state index contributed by atoms with van der Waals surface area (Å²) in [4.78, 5) is 32.2. The third-order valence-corrected chi connectivity index (χ3v) is 6.23. The number of hydrogen-bond donors (Lipinski definition) is 1. The molecule has 1 aliphatic heterocycles. The van der Waals surface area contributed by atoms with Crippen molar-refractivity contribution in [2.75, 3.05) is 11.9 Å². The maximum absolute atomic E-state index is 13.2. The van der Waals surface area contributed by atoms with Crippen LogP contribution in [-0.4, -0.2) is 34.3 Å². The lowest BCUT2D eigenvalue weighted by molar-refractivity contribution is -0.117. The van der Waals surface area contributed by atoms with Crippen molar-refractivity contribution in [3.8, 4) is 11.3 Å². The van der Waals surface area contributed by atoms with Crippen molar-refractivity contribution in [3.05, 3.63) is 70.5 Å². The van der Waals surface area contributed by atoms with E-state index in [1.54, 1.807) is 0 Å². The van der Waals surface area contributed by atoms with Crippen molar-refractivity contribution >= 4 is 28.8 Å². The lowest BCUT2D eigenvalue weighted by Crippen LogP contribution is -2.45. The van der Waals surface area contributed by atoms with Gasteiger partial charge in [-0.1, -0.05) is 48.0 Å². The molecule has 1 unspecified atom stereocenters. The first kappa shape index (κ1) is 20.3. The minimum absolute atomic E-state index is 0.0645. The normalized spacial score (nSPS) is 16.3. The highest BCUT2D eigenvalue weighted by Gasteiger charge is 2.30. The summed E-state index contributed by atoms with van der Waals surface area (Å²) < 4.78 is 0. The van der Waals surface area contributed by atoms with Gasteiger partial charge in [0.25, 0.3) is 5.91 Å². The fourth-order valence-corrected chi connectivity index (χ4v) is 4.56. The second-order valence-electron chi connectivity index (χ2n) is 7.67. The number of benzene rings is 2. The van der Waals surface area contributed by atoms with E-state index in [1.165, 1.54) is 16.9 Å². The fourth-order valence-electron chi connectivity index (χ4n) is 3.78. The van der Waals surface area contributed by atoms with Crippen LogP contribution in [0.15, 0.2) is 60.0 Å². The van der Waals surface area contributed by atoms with Gasteiger partial charge in [-0.3, -0.25) is 9.59 Å². The molecule has 0 spiro atoms. The first-order valence-electron chi connectivity index (χ1n) is 10.3. The van der Waals surface area contributed by atoms with E-state index in [1.807, 2.05) is 71.8 Å². The van der Waals surface area contributed by atoms with Crippen LogP contribution in [0.2, 0.25) is 0 Å². The third-order valence-electron chi connectivity index (χ3n) is 5.40. The van der Waals surface area contributed by atoms with Crippen LogP contribution >= 0.6 is 11.3 Å². The molecule has 0 aliphatic carbocycles. The van der Waals surface area contributed by atoms with Crippen molar-refractivity contribution in [2.24, 2.45) is 0 Å². The van der Waals surface area contributed by atoms with Crippen LogP contribution in [-0.2, 0) is 4.79 Å². The van der Waals surface area contributed by atoms with Crippen molar-refractivity contribution in [1.82, 2.24) is 9.88 Å². The molecule has 6 heteroatoms. The Hall–Kier alpha value is -2.99. The number of thiazole rings is 1. The van der Waals surface area contributed by atoms with Gasteiger partial charge in [0.15, 0.2) is 5.01 Å². The number of amides is 2. The van der Waals surface area contributed by atoms with Crippen LogP contribution in [0.4, 0.5) is 5.69 Å². The minimum Gasteiger partial charge on any atom is -0.333 e. The summed E-state index contributed by atoms with van der Waals surface area (Å²) in [5.74, 6) is -0.138. The van der Waals surface area contributed by atoms with E-state index in [0.29, 0.717) is 18.0 Å². The molecule has 1 N–H and O–H groups in total. The van der Waals surface area contributed by atoms with Crippen LogP contribution in [0.25, 0.3) is 11.3 Å². The van der Waals surface area contributed by atoms with Crippen molar-refractivity contribution < 1.29 is 9.59 Å². The number of carbonyl (C=O) groups excluding carboxylic acids is 2. The Bertz CT molecular complexity index is 1010. The molecule has 1 saturated heterocycles. The van der Waals surface area contributed by atoms with Gasteiger partial charge in [-0.2, -0.15) is 0 Å². The zero-order valence-electron chi connectivity index (χ0n) is 17.0. The Morgan fingerprint density at radius 2 is 1.87 bits per heavy atom. The lowest BCUT2D eigenvalue weighted by Gasteiger charge is -2.35.